The zero-order chi connectivity index (χ0) is 15.5. The Bertz CT molecular complexity index is 563. The zero-order valence-corrected chi connectivity index (χ0v) is 11.2. The van der Waals surface area contributed by atoms with Gasteiger partial charge in [-0.2, -0.15) is 13.2 Å². The molecule has 0 aliphatic carbocycles. The summed E-state index contributed by atoms with van der Waals surface area (Å²) in [7, 11) is 0. The van der Waals surface area contributed by atoms with Gasteiger partial charge in [0.2, 0.25) is 5.91 Å². The Kier molecular flexibility index (Phi) is 4.66. The van der Waals surface area contributed by atoms with E-state index in [9.17, 15) is 22.8 Å². The van der Waals surface area contributed by atoms with Crippen LogP contribution in [0.2, 0.25) is 0 Å². The first-order valence-electron chi connectivity index (χ1n) is 6.67. The topological polar surface area (TPSA) is 74.0 Å². The third-order valence-corrected chi connectivity index (χ3v) is 3.45. The monoisotopic (exact) mass is 303 g/mol. The van der Waals surface area contributed by atoms with Gasteiger partial charge in [0.15, 0.2) is 0 Å². The van der Waals surface area contributed by atoms with Crippen molar-refractivity contribution in [2.45, 2.75) is 25.4 Å². The van der Waals surface area contributed by atoms with E-state index in [2.05, 4.69) is 10.6 Å². The van der Waals surface area contributed by atoms with Crippen LogP contribution in [0.4, 0.5) is 18.9 Å². The van der Waals surface area contributed by atoms with Crippen LogP contribution < -0.4 is 16.2 Å². The molecule has 1 amide bonds. The molecule has 1 aromatic heterocycles. The Morgan fingerprint density at radius 2 is 2.19 bits per heavy atom. The number of aromatic nitrogens is 1. The average molecular weight is 303 g/mol. The van der Waals surface area contributed by atoms with Gasteiger partial charge in [0.25, 0.3) is 5.56 Å². The summed E-state index contributed by atoms with van der Waals surface area (Å²) in [4.78, 5) is 25.1. The normalized spacial score (nSPS) is 18.7. The van der Waals surface area contributed by atoms with Gasteiger partial charge >= 0.3 is 6.18 Å². The van der Waals surface area contributed by atoms with Crippen LogP contribution in [-0.4, -0.2) is 24.0 Å². The first-order valence-corrected chi connectivity index (χ1v) is 6.67. The van der Waals surface area contributed by atoms with Gasteiger partial charge in [0.05, 0.1) is 5.56 Å². The summed E-state index contributed by atoms with van der Waals surface area (Å²) in [5.74, 6) is -0.0535. The fourth-order valence-electron chi connectivity index (χ4n) is 2.25. The van der Waals surface area contributed by atoms with Crippen LogP contribution in [0.15, 0.2) is 17.1 Å². The minimum absolute atomic E-state index is 0.183. The molecular weight excluding hydrogens is 287 g/mol. The summed E-state index contributed by atoms with van der Waals surface area (Å²) in [6, 6.07) is 0.647. The molecule has 3 N–H and O–H groups in total. The van der Waals surface area contributed by atoms with Crippen molar-refractivity contribution in [1.29, 1.82) is 0 Å². The Morgan fingerprint density at radius 3 is 2.81 bits per heavy atom. The van der Waals surface area contributed by atoms with E-state index in [1.54, 1.807) is 0 Å². The lowest BCUT2D eigenvalue weighted by Crippen LogP contribution is -2.22. The van der Waals surface area contributed by atoms with Crippen LogP contribution in [0.1, 0.15) is 24.8 Å². The third-order valence-electron chi connectivity index (χ3n) is 3.45. The number of nitrogens with one attached hydrogen (secondary N) is 3. The molecule has 21 heavy (non-hydrogen) atoms. The summed E-state index contributed by atoms with van der Waals surface area (Å²) in [5.41, 5.74) is -2.13. The Balaban J connectivity index is 1.97. The van der Waals surface area contributed by atoms with E-state index < -0.39 is 23.2 Å². The third kappa shape index (κ3) is 4.32. The van der Waals surface area contributed by atoms with Gasteiger partial charge in [-0.3, -0.25) is 9.59 Å². The Morgan fingerprint density at radius 1 is 1.43 bits per heavy atom. The highest BCUT2D eigenvalue weighted by atomic mass is 19.4. The molecule has 2 heterocycles. The van der Waals surface area contributed by atoms with Crippen molar-refractivity contribution >= 4 is 11.6 Å². The van der Waals surface area contributed by atoms with Crippen molar-refractivity contribution in [2.75, 3.05) is 18.4 Å². The number of halogens is 3. The molecular formula is C13H16F3N3O2. The number of carbonyl (C=O) groups is 1. The number of aromatic amines is 1. The Labute approximate surface area is 118 Å². The molecule has 0 radical (unpaired) electrons. The number of alkyl halides is 3. The molecule has 0 saturated carbocycles. The predicted octanol–water partition coefficient (Wildman–Crippen LogP) is 1.72. The second-order valence-electron chi connectivity index (χ2n) is 5.07. The minimum Gasteiger partial charge on any atom is -0.327 e. The van der Waals surface area contributed by atoms with E-state index >= 15 is 0 Å². The Hall–Kier alpha value is -1.83. The van der Waals surface area contributed by atoms with Gasteiger partial charge in [-0.05, 0) is 37.9 Å². The van der Waals surface area contributed by atoms with Gasteiger partial charge in [0, 0.05) is 12.6 Å². The van der Waals surface area contributed by atoms with Crippen LogP contribution in [0.5, 0.6) is 0 Å². The van der Waals surface area contributed by atoms with Crippen molar-refractivity contribution in [3.63, 3.8) is 0 Å². The fraction of sp³-hybridized carbons (Fsp3) is 0.538. The number of amides is 1. The molecule has 8 heteroatoms. The highest BCUT2D eigenvalue weighted by Gasteiger charge is 2.31. The van der Waals surface area contributed by atoms with Crippen molar-refractivity contribution in [1.82, 2.24) is 10.3 Å². The highest BCUT2D eigenvalue weighted by Crippen LogP contribution is 2.29. The molecule has 1 aromatic rings. The van der Waals surface area contributed by atoms with Gasteiger partial charge in [-0.25, -0.2) is 0 Å². The number of anilines is 1. The predicted molar refractivity (Wildman–Crippen MR) is 70.9 cm³/mol. The standard InChI is InChI=1S/C13H16F3N3O2/c14-13(15,16)9-5-10(12(21)18-7-9)19-11(20)2-1-8-3-4-17-6-8/h5,7-8,17H,1-4,6H2,(H,18,21)(H,19,20). The van der Waals surface area contributed by atoms with E-state index in [0.29, 0.717) is 24.6 Å². The van der Waals surface area contributed by atoms with E-state index in [1.807, 2.05) is 4.98 Å². The number of pyridine rings is 1. The van der Waals surface area contributed by atoms with E-state index in [4.69, 9.17) is 0 Å². The van der Waals surface area contributed by atoms with E-state index in [-0.39, 0.29) is 12.1 Å². The fourth-order valence-corrected chi connectivity index (χ4v) is 2.25. The SMILES string of the molecule is O=C(CCC1CCNC1)Nc1cc(C(F)(F)F)c[nH]c1=O. The quantitative estimate of drug-likeness (QED) is 0.793. The van der Waals surface area contributed by atoms with Crippen LogP contribution in [0.25, 0.3) is 0 Å². The molecule has 1 fully saturated rings. The molecule has 2 rings (SSSR count). The first-order chi connectivity index (χ1) is 9.86. The molecule has 0 aromatic carbocycles. The average Bonchev–Trinajstić information content (AvgIpc) is 2.91. The maximum Gasteiger partial charge on any atom is 0.417 e. The lowest BCUT2D eigenvalue weighted by atomic mass is 10.0. The van der Waals surface area contributed by atoms with E-state index in [0.717, 1.165) is 19.5 Å². The van der Waals surface area contributed by atoms with E-state index in [1.165, 1.54) is 0 Å². The molecule has 1 atom stereocenters. The lowest BCUT2D eigenvalue weighted by molar-refractivity contribution is -0.137. The first kappa shape index (κ1) is 15.6. The summed E-state index contributed by atoms with van der Waals surface area (Å²) >= 11 is 0. The number of hydrogen-bond acceptors (Lipinski definition) is 3. The summed E-state index contributed by atoms with van der Waals surface area (Å²) in [6.45, 7) is 1.76. The maximum absolute atomic E-state index is 12.5. The molecule has 5 nitrogen and oxygen atoms in total. The number of hydrogen-bond donors (Lipinski definition) is 3. The smallest absolute Gasteiger partial charge is 0.327 e. The molecule has 1 aliphatic rings. The molecule has 1 saturated heterocycles. The largest absolute Gasteiger partial charge is 0.417 e. The highest BCUT2D eigenvalue weighted by molar-refractivity contribution is 5.90. The molecule has 0 spiro atoms. The summed E-state index contributed by atoms with van der Waals surface area (Å²) in [5, 5.41) is 5.41. The lowest BCUT2D eigenvalue weighted by Gasteiger charge is -2.10. The summed E-state index contributed by atoms with van der Waals surface area (Å²) < 4.78 is 37.6. The minimum atomic E-state index is -4.57. The maximum atomic E-state index is 12.5. The zero-order valence-electron chi connectivity index (χ0n) is 11.2. The van der Waals surface area contributed by atoms with Gasteiger partial charge < -0.3 is 15.6 Å². The molecule has 116 valence electrons. The molecule has 0 bridgehead atoms. The van der Waals surface area contributed by atoms with Crippen molar-refractivity contribution in [3.05, 3.63) is 28.2 Å². The second-order valence-corrected chi connectivity index (χ2v) is 5.07. The van der Waals surface area contributed by atoms with Crippen molar-refractivity contribution in [2.24, 2.45) is 5.92 Å². The molecule has 1 aliphatic heterocycles. The number of carbonyl (C=O) groups excluding carboxylic acids is 1. The van der Waals surface area contributed by atoms with Gasteiger partial charge in [-0.15, -0.1) is 0 Å². The summed E-state index contributed by atoms with van der Waals surface area (Å²) in [6.07, 6.45) is -2.17. The number of H-pyrrole nitrogens is 1. The second kappa shape index (κ2) is 6.30. The number of rotatable bonds is 4. The van der Waals surface area contributed by atoms with Gasteiger partial charge in [-0.1, -0.05) is 0 Å². The van der Waals surface area contributed by atoms with Crippen LogP contribution in [0, 0.1) is 5.92 Å². The van der Waals surface area contributed by atoms with Crippen molar-refractivity contribution < 1.29 is 18.0 Å². The van der Waals surface area contributed by atoms with Crippen LogP contribution in [0.3, 0.4) is 0 Å². The van der Waals surface area contributed by atoms with Crippen LogP contribution >= 0.6 is 0 Å². The molecule has 1 unspecified atom stereocenters. The van der Waals surface area contributed by atoms with Crippen LogP contribution in [-0.2, 0) is 11.0 Å². The van der Waals surface area contributed by atoms with Gasteiger partial charge in [0.1, 0.15) is 5.69 Å². The van der Waals surface area contributed by atoms with Crippen molar-refractivity contribution in [3.8, 4) is 0 Å².